The van der Waals surface area contributed by atoms with Crippen molar-refractivity contribution in [3.8, 4) is 0 Å². The normalized spacial score (nSPS) is 16.7. The van der Waals surface area contributed by atoms with E-state index in [0.717, 1.165) is 49.3 Å². The number of allylic oxidation sites excluding steroid dienone is 1. The third kappa shape index (κ3) is 5.62. The van der Waals surface area contributed by atoms with Crippen LogP contribution in [0.5, 0.6) is 0 Å². The largest absolute Gasteiger partial charge is 0.339 e. The van der Waals surface area contributed by atoms with E-state index >= 15 is 0 Å². The summed E-state index contributed by atoms with van der Waals surface area (Å²) < 4.78 is 16.3. The first-order valence-electron chi connectivity index (χ1n) is 11.1. The van der Waals surface area contributed by atoms with Gasteiger partial charge in [0.05, 0.1) is 5.69 Å². The number of aromatic nitrogens is 2. The lowest BCUT2D eigenvalue weighted by Crippen LogP contribution is -2.46. The summed E-state index contributed by atoms with van der Waals surface area (Å²) in [5.41, 5.74) is 3.78. The van der Waals surface area contributed by atoms with Crippen molar-refractivity contribution in [2.45, 2.75) is 52.6 Å². The Morgan fingerprint density at radius 1 is 1.29 bits per heavy atom. The number of piperidine rings is 1. The number of halogens is 1. The lowest BCUT2D eigenvalue weighted by atomic mass is 9.84. The topological polar surface area (TPSA) is 41.4 Å². The van der Waals surface area contributed by atoms with Gasteiger partial charge in [0, 0.05) is 50.1 Å². The average Bonchev–Trinajstić information content (AvgIpc) is 3.08. The molecule has 1 unspecified atom stereocenters. The first-order valence-corrected chi connectivity index (χ1v) is 11.1. The second kappa shape index (κ2) is 10.2. The van der Waals surface area contributed by atoms with Crippen LogP contribution in [-0.2, 0) is 24.8 Å². The van der Waals surface area contributed by atoms with Gasteiger partial charge in [-0.1, -0.05) is 24.3 Å². The standard InChI is InChI=1S/C25H35FN4O/c1-6-18(2)25(31)30-13-11-20(12-14-30)24(15-21-9-7-8-10-23(21)26)28(4)16-22-17-29(5)27-19(22)3/h6-10,17,20,24H,11-16H2,1-5H3/b18-6+. The molecule has 5 nitrogen and oxygen atoms in total. The minimum absolute atomic E-state index is 0.131. The van der Waals surface area contributed by atoms with Crippen LogP contribution in [0.1, 0.15) is 43.5 Å². The van der Waals surface area contributed by atoms with Crippen molar-refractivity contribution in [3.63, 3.8) is 0 Å². The number of nitrogens with zero attached hydrogens (tertiary/aromatic N) is 4. The van der Waals surface area contributed by atoms with Gasteiger partial charge in [-0.3, -0.25) is 14.4 Å². The molecule has 168 valence electrons. The van der Waals surface area contributed by atoms with Crippen LogP contribution in [0, 0.1) is 18.7 Å². The number of hydrogen-bond acceptors (Lipinski definition) is 3. The number of hydrogen-bond donors (Lipinski definition) is 0. The molecule has 0 spiro atoms. The summed E-state index contributed by atoms with van der Waals surface area (Å²) in [5, 5.41) is 4.47. The molecular weight excluding hydrogens is 391 g/mol. The summed E-state index contributed by atoms with van der Waals surface area (Å²) in [6.07, 6.45) is 6.46. The molecule has 3 rings (SSSR count). The molecule has 1 aromatic carbocycles. The maximum Gasteiger partial charge on any atom is 0.249 e. The Labute approximate surface area is 185 Å². The number of carbonyl (C=O) groups excluding carboxylic acids is 1. The third-order valence-corrected chi connectivity index (χ3v) is 6.63. The fourth-order valence-corrected chi connectivity index (χ4v) is 4.62. The highest BCUT2D eigenvalue weighted by Crippen LogP contribution is 2.28. The molecule has 0 aliphatic carbocycles. The summed E-state index contributed by atoms with van der Waals surface area (Å²) in [4.78, 5) is 16.8. The molecule has 1 aromatic heterocycles. The highest BCUT2D eigenvalue weighted by molar-refractivity contribution is 5.92. The van der Waals surface area contributed by atoms with Crippen LogP contribution in [0.3, 0.4) is 0 Å². The Morgan fingerprint density at radius 2 is 1.97 bits per heavy atom. The van der Waals surface area contributed by atoms with Gasteiger partial charge in [0.25, 0.3) is 0 Å². The molecule has 6 heteroatoms. The number of carbonyl (C=O) groups is 1. The van der Waals surface area contributed by atoms with Gasteiger partial charge in [-0.05, 0) is 64.6 Å². The Balaban J connectivity index is 1.77. The number of likely N-dealkylation sites (N-methyl/N-ethyl adjacent to an activating group) is 1. The van der Waals surface area contributed by atoms with Crippen LogP contribution in [-0.4, -0.2) is 51.7 Å². The third-order valence-electron chi connectivity index (χ3n) is 6.63. The highest BCUT2D eigenvalue weighted by Gasteiger charge is 2.32. The maximum atomic E-state index is 14.5. The predicted octanol–water partition coefficient (Wildman–Crippen LogP) is 4.12. The summed E-state index contributed by atoms with van der Waals surface area (Å²) in [5.74, 6) is 0.386. The van der Waals surface area contributed by atoms with E-state index < -0.39 is 0 Å². The first-order chi connectivity index (χ1) is 14.8. The number of amides is 1. The zero-order valence-corrected chi connectivity index (χ0v) is 19.4. The van der Waals surface area contributed by atoms with Gasteiger partial charge in [-0.25, -0.2) is 4.39 Å². The predicted molar refractivity (Wildman–Crippen MR) is 122 cm³/mol. The zero-order chi connectivity index (χ0) is 22.5. The summed E-state index contributed by atoms with van der Waals surface area (Å²) in [6, 6.07) is 7.27. The summed E-state index contributed by atoms with van der Waals surface area (Å²) in [7, 11) is 4.06. The van der Waals surface area contributed by atoms with Crippen molar-refractivity contribution < 1.29 is 9.18 Å². The van der Waals surface area contributed by atoms with Gasteiger partial charge in [0.2, 0.25) is 5.91 Å². The van der Waals surface area contributed by atoms with E-state index in [1.54, 1.807) is 12.1 Å². The van der Waals surface area contributed by atoms with Gasteiger partial charge >= 0.3 is 0 Å². The van der Waals surface area contributed by atoms with E-state index in [-0.39, 0.29) is 17.8 Å². The minimum atomic E-state index is -0.144. The van der Waals surface area contributed by atoms with E-state index in [9.17, 15) is 9.18 Å². The fourth-order valence-electron chi connectivity index (χ4n) is 4.62. The molecule has 2 heterocycles. The Hall–Kier alpha value is -2.47. The van der Waals surface area contributed by atoms with Gasteiger partial charge in [-0.2, -0.15) is 5.10 Å². The van der Waals surface area contributed by atoms with Crippen molar-refractivity contribution in [1.82, 2.24) is 19.6 Å². The number of likely N-dealkylation sites (tertiary alicyclic amines) is 1. The lowest BCUT2D eigenvalue weighted by Gasteiger charge is -2.40. The zero-order valence-electron chi connectivity index (χ0n) is 19.4. The number of rotatable bonds is 7. The second-order valence-corrected chi connectivity index (χ2v) is 8.79. The van der Waals surface area contributed by atoms with E-state index in [1.807, 2.05) is 55.6 Å². The molecule has 0 bridgehead atoms. The van der Waals surface area contributed by atoms with Crippen molar-refractivity contribution in [2.75, 3.05) is 20.1 Å². The lowest BCUT2D eigenvalue weighted by molar-refractivity contribution is -0.128. The molecule has 0 N–H and O–H groups in total. The van der Waals surface area contributed by atoms with Gasteiger partial charge in [-0.15, -0.1) is 0 Å². The van der Waals surface area contributed by atoms with E-state index in [4.69, 9.17) is 0 Å². The van der Waals surface area contributed by atoms with Gasteiger partial charge < -0.3 is 4.90 Å². The molecule has 1 aliphatic heterocycles. The van der Waals surface area contributed by atoms with Crippen LogP contribution < -0.4 is 0 Å². The van der Waals surface area contributed by atoms with Gasteiger partial charge in [0.1, 0.15) is 5.82 Å². The first kappa shape index (κ1) is 23.2. The smallest absolute Gasteiger partial charge is 0.249 e. The van der Waals surface area contributed by atoms with Crippen molar-refractivity contribution >= 4 is 5.91 Å². The number of benzene rings is 1. The van der Waals surface area contributed by atoms with Crippen LogP contribution in [0.2, 0.25) is 0 Å². The monoisotopic (exact) mass is 426 g/mol. The van der Waals surface area contributed by atoms with Crippen LogP contribution in [0.4, 0.5) is 4.39 Å². The molecule has 0 saturated carbocycles. The molecule has 1 aliphatic rings. The highest BCUT2D eigenvalue weighted by atomic mass is 19.1. The van der Waals surface area contributed by atoms with E-state index in [1.165, 1.54) is 5.56 Å². The molecular formula is C25H35FN4O. The Morgan fingerprint density at radius 3 is 2.55 bits per heavy atom. The van der Waals surface area contributed by atoms with Crippen LogP contribution in [0.25, 0.3) is 0 Å². The van der Waals surface area contributed by atoms with Crippen molar-refractivity contribution in [3.05, 3.63) is 64.7 Å². The summed E-state index contributed by atoms with van der Waals surface area (Å²) in [6.45, 7) is 8.09. The van der Waals surface area contributed by atoms with Gasteiger partial charge in [0.15, 0.2) is 0 Å². The molecule has 2 aromatic rings. The summed E-state index contributed by atoms with van der Waals surface area (Å²) >= 11 is 0. The molecule has 1 atom stereocenters. The average molecular weight is 427 g/mol. The van der Waals surface area contributed by atoms with Crippen molar-refractivity contribution in [2.24, 2.45) is 13.0 Å². The fraction of sp³-hybridized carbons (Fsp3) is 0.520. The molecule has 1 amide bonds. The van der Waals surface area contributed by atoms with E-state index in [0.29, 0.717) is 12.3 Å². The van der Waals surface area contributed by atoms with E-state index in [2.05, 4.69) is 23.2 Å². The SMILES string of the molecule is C/C=C(\C)C(=O)N1CCC(C(Cc2ccccc2F)N(C)Cc2cn(C)nc2C)CC1. The quantitative estimate of drug-likeness (QED) is 0.626. The maximum absolute atomic E-state index is 14.5. The minimum Gasteiger partial charge on any atom is -0.339 e. The van der Waals surface area contributed by atoms with Crippen LogP contribution in [0.15, 0.2) is 42.1 Å². The number of aryl methyl sites for hydroxylation is 2. The Bertz CT molecular complexity index is 927. The molecule has 1 saturated heterocycles. The van der Waals surface area contributed by atoms with Crippen molar-refractivity contribution in [1.29, 1.82) is 0 Å². The van der Waals surface area contributed by atoms with Crippen LogP contribution >= 0.6 is 0 Å². The molecule has 1 fully saturated rings. The molecule has 0 radical (unpaired) electrons. The second-order valence-electron chi connectivity index (χ2n) is 8.79. The Kier molecular flexibility index (Phi) is 7.65. The molecule has 31 heavy (non-hydrogen) atoms.